The third-order valence-electron chi connectivity index (χ3n) is 2.47. The molecular weight excluding hydrogens is 192 g/mol. The van der Waals surface area contributed by atoms with Gasteiger partial charge in [0.2, 0.25) is 0 Å². The van der Waals surface area contributed by atoms with Crippen LogP contribution in [0.1, 0.15) is 50.1 Å². The van der Waals surface area contributed by atoms with Gasteiger partial charge >= 0.3 is 5.97 Å². The van der Waals surface area contributed by atoms with Crippen molar-refractivity contribution in [1.29, 1.82) is 0 Å². The Labute approximate surface area is 89.7 Å². The predicted molar refractivity (Wildman–Crippen MR) is 58.0 cm³/mol. The van der Waals surface area contributed by atoms with Crippen LogP contribution in [0, 0.1) is 0 Å². The van der Waals surface area contributed by atoms with Crippen molar-refractivity contribution in [3.8, 4) is 0 Å². The molecule has 2 N–H and O–H groups in total. The molecule has 1 aromatic heterocycles. The number of aliphatic carboxylic acids is 1. The summed E-state index contributed by atoms with van der Waals surface area (Å²) < 4.78 is 0. The maximum absolute atomic E-state index is 10.5. The van der Waals surface area contributed by atoms with Crippen LogP contribution in [0.4, 0.5) is 0 Å². The Kier molecular flexibility index (Phi) is 3.88. The van der Waals surface area contributed by atoms with Gasteiger partial charge in [-0.05, 0) is 24.3 Å². The van der Waals surface area contributed by atoms with E-state index in [0.717, 1.165) is 23.4 Å². The minimum Gasteiger partial charge on any atom is -0.481 e. The molecule has 1 heterocycles. The SMILES string of the molecule is CCc1[nH]nc(C(C)C)c1CCC(=O)O. The number of nitrogens with one attached hydrogen (secondary N) is 1. The Bertz CT molecular complexity index is 342. The van der Waals surface area contributed by atoms with Gasteiger partial charge in [-0.2, -0.15) is 5.10 Å². The van der Waals surface area contributed by atoms with Crippen molar-refractivity contribution in [2.24, 2.45) is 0 Å². The van der Waals surface area contributed by atoms with Crippen molar-refractivity contribution in [1.82, 2.24) is 10.2 Å². The van der Waals surface area contributed by atoms with Crippen molar-refractivity contribution in [2.75, 3.05) is 0 Å². The van der Waals surface area contributed by atoms with Gasteiger partial charge in [0.1, 0.15) is 0 Å². The highest BCUT2D eigenvalue weighted by Crippen LogP contribution is 2.21. The van der Waals surface area contributed by atoms with Crippen molar-refractivity contribution in [3.63, 3.8) is 0 Å². The first-order valence-corrected chi connectivity index (χ1v) is 5.34. The summed E-state index contributed by atoms with van der Waals surface area (Å²) in [5.41, 5.74) is 3.17. The Balaban J connectivity index is 2.89. The topological polar surface area (TPSA) is 66.0 Å². The molecule has 0 saturated heterocycles. The van der Waals surface area contributed by atoms with E-state index in [1.165, 1.54) is 0 Å². The van der Waals surface area contributed by atoms with Gasteiger partial charge in [-0.15, -0.1) is 0 Å². The summed E-state index contributed by atoms with van der Waals surface area (Å²) >= 11 is 0. The van der Waals surface area contributed by atoms with Crippen LogP contribution in [0.25, 0.3) is 0 Å². The minimum absolute atomic E-state index is 0.173. The number of carboxylic acid groups (broad SMARTS) is 1. The molecule has 0 aromatic carbocycles. The van der Waals surface area contributed by atoms with E-state index in [1.807, 2.05) is 6.92 Å². The van der Waals surface area contributed by atoms with Crippen LogP contribution in [0.5, 0.6) is 0 Å². The molecule has 0 aliphatic heterocycles. The van der Waals surface area contributed by atoms with E-state index in [4.69, 9.17) is 5.11 Å². The number of aromatic nitrogens is 2. The predicted octanol–water partition coefficient (Wildman–Crippen LogP) is 2.11. The van der Waals surface area contributed by atoms with E-state index in [-0.39, 0.29) is 6.42 Å². The molecule has 4 nitrogen and oxygen atoms in total. The first-order valence-electron chi connectivity index (χ1n) is 5.34. The zero-order valence-corrected chi connectivity index (χ0v) is 9.50. The summed E-state index contributed by atoms with van der Waals surface area (Å²) in [5, 5.41) is 15.9. The maximum Gasteiger partial charge on any atom is 0.303 e. The Hall–Kier alpha value is -1.32. The summed E-state index contributed by atoms with van der Waals surface area (Å²) in [7, 11) is 0. The largest absolute Gasteiger partial charge is 0.481 e. The van der Waals surface area contributed by atoms with Crippen molar-refractivity contribution in [3.05, 3.63) is 17.0 Å². The molecule has 0 radical (unpaired) electrons. The molecule has 1 rings (SSSR count). The lowest BCUT2D eigenvalue weighted by atomic mass is 9.99. The summed E-state index contributed by atoms with van der Waals surface area (Å²) in [4.78, 5) is 10.5. The molecule has 0 bridgehead atoms. The van der Waals surface area contributed by atoms with E-state index >= 15 is 0 Å². The Morgan fingerprint density at radius 3 is 2.67 bits per heavy atom. The molecule has 0 aliphatic rings. The molecule has 0 fully saturated rings. The van der Waals surface area contributed by atoms with E-state index in [2.05, 4.69) is 24.0 Å². The lowest BCUT2D eigenvalue weighted by Gasteiger charge is -2.05. The second-order valence-electron chi connectivity index (χ2n) is 3.97. The number of aryl methyl sites for hydroxylation is 1. The van der Waals surface area contributed by atoms with Gasteiger partial charge in [0.15, 0.2) is 0 Å². The normalized spacial score (nSPS) is 10.9. The first-order chi connectivity index (χ1) is 7.06. The highest BCUT2D eigenvalue weighted by molar-refractivity contribution is 5.67. The molecule has 4 heteroatoms. The number of aromatic amines is 1. The van der Waals surface area contributed by atoms with Crippen LogP contribution in [-0.4, -0.2) is 21.3 Å². The van der Waals surface area contributed by atoms with Crippen LogP contribution < -0.4 is 0 Å². The quantitative estimate of drug-likeness (QED) is 0.782. The van der Waals surface area contributed by atoms with Crippen molar-refractivity contribution < 1.29 is 9.90 Å². The smallest absolute Gasteiger partial charge is 0.303 e. The maximum atomic E-state index is 10.5. The highest BCUT2D eigenvalue weighted by atomic mass is 16.4. The average molecular weight is 210 g/mol. The summed E-state index contributed by atoms with van der Waals surface area (Å²) in [6.45, 7) is 6.18. The summed E-state index contributed by atoms with van der Waals surface area (Å²) in [6.07, 6.45) is 1.61. The third kappa shape index (κ3) is 2.81. The molecular formula is C11H18N2O2. The first kappa shape index (κ1) is 11.8. The lowest BCUT2D eigenvalue weighted by Crippen LogP contribution is -2.02. The van der Waals surface area contributed by atoms with E-state index < -0.39 is 5.97 Å². The standard InChI is InChI=1S/C11H18N2O2/c1-4-9-8(5-6-10(14)15)11(7(2)3)13-12-9/h7H,4-6H2,1-3H3,(H,12,13)(H,14,15). The van der Waals surface area contributed by atoms with Gasteiger partial charge in [-0.3, -0.25) is 9.89 Å². The van der Waals surface area contributed by atoms with Crippen LogP contribution in [-0.2, 0) is 17.6 Å². The number of hydrogen-bond acceptors (Lipinski definition) is 2. The van der Waals surface area contributed by atoms with E-state index in [9.17, 15) is 4.79 Å². The second-order valence-corrected chi connectivity index (χ2v) is 3.97. The van der Waals surface area contributed by atoms with Crippen LogP contribution in [0.3, 0.4) is 0 Å². The molecule has 15 heavy (non-hydrogen) atoms. The van der Waals surface area contributed by atoms with Crippen molar-refractivity contribution in [2.45, 2.75) is 46.0 Å². The summed E-state index contributed by atoms with van der Waals surface area (Å²) in [6, 6.07) is 0. The molecule has 0 spiro atoms. The Morgan fingerprint density at radius 2 is 2.20 bits per heavy atom. The molecule has 0 aliphatic carbocycles. The average Bonchev–Trinajstić information content (AvgIpc) is 2.57. The zero-order chi connectivity index (χ0) is 11.4. The van der Waals surface area contributed by atoms with Crippen LogP contribution in [0.2, 0.25) is 0 Å². The monoisotopic (exact) mass is 210 g/mol. The van der Waals surface area contributed by atoms with Crippen LogP contribution >= 0.6 is 0 Å². The fraction of sp³-hybridized carbons (Fsp3) is 0.636. The second kappa shape index (κ2) is 4.96. The number of hydrogen-bond donors (Lipinski definition) is 2. The fourth-order valence-electron chi connectivity index (χ4n) is 1.70. The zero-order valence-electron chi connectivity index (χ0n) is 9.50. The third-order valence-corrected chi connectivity index (χ3v) is 2.47. The number of carbonyl (C=O) groups is 1. The van der Waals surface area contributed by atoms with Crippen molar-refractivity contribution >= 4 is 5.97 Å². The number of rotatable bonds is 5. The lowest BCUT2D eigenvalue weighted by molar-refractivity contribution is -0.136. The molecule has 0 atom stereocenters. The van der Waals surface area contributed by atoms with Gasteiger partial charge in [-0.1, -0.05) is 20.8 Å². The molecule has 1 aromatic rings. The van der Waals surface area contributed by atoms with Gasteiger partial charge in [-0.25, -0.2) is 0 Å². The minimum atomic E-state index is -0.757. The van der Waals surface area contributed by atoms with Gasteiger partial charge in [0.25, 0.3) is 0 Å². The van der Waals surface area contributed by atoms with Gasteiger partial charge in [0, 0.05) is 12.1 Å². The number of H-pyrrole nitrogens is 1. The molecule has 0 saturated carbocycles. The van der Waals surface area contributed by atoms with Crippen LogP contribution in [0.15, 0.2) is 0 Å². The summed E-state index contributed by atoms with van der Waals surface area (Å²) in [5.74, 6) is -0.418. The number of nitrogens with zero attached hydrogens (tertiary/aromatic N) is 1. The van der Waals surface area contributed by atoms with Gasteiger partial charge in [0.05, 0.1) is 5.69 Å². The molecule has 84 valence electrons. The van der Waals surface area contributed by atoms with Gasteiger partial charge < -0.3 is 5.11 Å². The van der Waals surface area contributed by atoms with E-state index in [0.29, 0.717) is 12.3 Å². The highest BCUT2D eigenvalue weighted by Gasteiger charge is 2.15. The number of carboxylic acids is 1. The molecule has 0 unspecified atom stereocenters. The fourth-order valence-corrected chi connectivity index (χ4v) is 1.70. The van der Waals surface area contributed by atoms with E-state index in [1.54, 1.807) is 0 Å². The molecule has 0 amide bonds. The Morgan fingerprint density at radius 1 is 1.53 bits per heavy atom.